The second kappa shape index (κ2) is 8.52. The lowest BCUT2D eigenvalue weighted by molar-refractivity contribution is -0.125. The first kappa shape index (κ1) is 20.9. The van der Waals surface area contributed by atoms with Gasteiger partial charge in [-0.3, -0.25) is 9.69 Å². The van der Waals surface area contributed by atoms with Gasteiger partial charge in [0.2, 0.25) is 5.91 Å². The topological polar surface area (TPSA) is 93.2 Å². The van der Waals surface area contributed by atoms with E-state index in [1.54, 1.807) is 6.08 Å². The number of likely N-dealkylation sites (N-methyl/N-ethyl adjacent to an activating group) is 1. The second-order valence-corrected chi connectivity index (χ2v) is 8.99. The smallest absolute Gasteiger partial charge is 0.246 e. The fourth-order valence-corrected chi connectivity index (χ4v) is 4.42. The van der Waals surface area contributed by atoms with Crippen molar-refractivity contribution in [2.75, 3.05) is 32.4 Å². The molecule has 1 aliphatic heterocycles. The highest BCUT2D eigenvalue weighted by Gasteiger charge is 2.30. The number of anilines is 1. The molecule has 1 aromatic carbocycles. The molecule has 32 heavy (non-hydrogen) atoms. The van der Waals surface area contributed by atoms with Crippen molar-refractivity contribution in [2.45, 2.75) is 31.3 Å². The molecule has 2 aromatic heterocycles. The van der Waals surface area contributed by atoms with Crippen LogP contribution in [-0.2, 0) is 4.79 Å². The van der Waals surface area contributed by atoms with Gasteiger partial charge in [0, 0.05) is 42.3 Å². The van der Waals surface area contributed by atoms with E-state index in [1.807, 2.05) is 39.9 Å². The summed E-state index contributed by atoms with van der Waals surface area (Å²) in [5.41, 5.74) is 8.51. The maximum absolute atomic E-state index is 12.7. The standard InChI is InChI=1S/C23H26ClN7O/c1-29(17-8-9-17)11-2-3-19(32)30-12-10-18(13-30)31-23-20(22(25)26-14-27-23)21(28-31)15-4-6-16(24)7-5-15/h2-7,14,17-18H,8-13H2,1H3,(H2,25,26,27). The predicted octanol–water partition coefficient (Wildman–Crippen LogP) is 3.15. The van der Waals surface area contributed by atoms with Crippen LogP contribution in [0.1, 0.15) is 25.3 Å². The molecule has 1 amide bonds. The van der Waals surface area contributed by atoms with Crippen LogP contribution < -0.4 is 5.73 Å². The number of nitrogens with two attached hydrogens (primary N) is 1. The van der Waals surface area contributed by atoms with Crippen LogP contribution in [-0.4, -0.2) is 68.2 Å². The highest BCUT2D eigenvalue weighted by molar-refractivity contribution is 6.30. The number of aromatic nitrogens is 4. The molecule has 2 fully saturated rings. The van der Waals surface area contributed by atoms with Crippen molar-refractivity contribution in [2.24, 2.45) is 0 Å². The van der Waals surface area contributed by atoms with Crippen LogP contribution in [0.2, 0.25) is 5.02 Å². The molecule has 5 rings (SSSR count). The average molecular weight is 452 g/mol. The fourth-order valence-electron chi connectivity index (χ4n) is 4.29. The Hall–Kier alpha value is -2.97. The van der Waals surface area contributed by atoms with Gasteiger partial charge in [-0.1, -0.05) is 29.8 Å². The summed E-state index contributed by atoms with van der Waals surface area (Å²) in [6.07, 6.45) is 8.44. The molecular formula is C23H26ClN7O. The Bertz CT molecular complexity index is 1170. The summed E-state index contributed by atoms with van der Waals surface area (Å²) in [6, 6.07) is 8.18. The van der Waals surface area contributed by atoms with Crippen LogP contribution in [0.25, 0.3) is 22.3 Å². The van der Waals surface area contributed by atoms with Crippen molar-refractivity contribution < 1.29 is 4.79 Å². The van der Waals surface area contributed by atoms with Gasteiger partial charge in [0.25, 0.3) is 0 Å². The van der Waals surface area contributed by atoms with E-state index in [0.29, 0.717) is 35.6 Å². The van der Waals surface area contributed by atoms with E-state index in [4.69, 9.17) is 22.4 Å². The van der Waals surface area contributed by atoms with Crippen LogP contribution in [0.5, 0.6) is 0 Å². The van der Waals surface area contributed by atoms with E-state index in [-0.39, 0.29) is 11.9 Å². The molecule has 1 saturated carbocycles. The summed E-state index contributed by atoms with van der Waals surface area (Å²) in [5.74, 6) is 0.431. The summed E-state index contributed by atoms with van der Waals surface area (Å²) in [7, 11) is 2.10. The van der Waals surface area contributed by atoms with Crippen molar-refractivity contribution in [3.63, 3.8) is 0 Å². The van der Waals surface area contributed by atoms with E-state index in [9.17, 15) is 4.79 Å². The minimum absolute atomic E-state index is 0.0272. The number of carbonyl (C=O) groups excluding carboxylic acids is 1. The first-order valence-electron chi connectivity index (χ1n) is 10.9. The molecular weight excluding hydrogens is 426 g/mol. The molecule has 3 heterocycles. The van der Waals surface area contributed by atoms with Crippen molar-refractivity contribution in [1.82, 2.24) is 29.5 Å². The van der Waals surface area contributed by atoms with Crippen LogP contribution in [0.3, 0.4) is 0 Å². The van der Waals surface area contributed by atoms with Gasteiger partial charge in [0.1, 0.15) is 17.8 Å². The SMILES string of the molecule is CN(CC=CC(=O)N1CCC(n2nc(-c3ccc(Cl)cc3)c3c(N)ncnc32)C1)C1CC1. The Labute approximate surface area is 191 Å². The molecule has 8 nitrogen and oxygen atoms in total. The Morgan fingerprint density at radius 1 is 1.25 bits per heavy atom. The number of nitrogen functional groups attached to an aromatic ring is 1. The Morgan fingerprint density at radius 2 is 2.03 bits per heavy atom. The predicted molar refractivity (Wildman–Crippen MR) is 125 cm³/mol. The number of likely N-dealkylation sites (tertiary alicyclic amines) is 1. The largest absolute Gasteiger partial charge is 0.383 e. The normalized spacial score (nSPS) is 19.0. The summed E-state index contributed by atoms with van der Waals surface area (Å²) in [4.78, 5) is 25.5. The van der Waals surface area contributed by atoms with Gasteiger partial charge < -0.3 is 10.6 Å². The first-order valence-corrected chi connectivity index (χ1v) is 11.3. The molecule has 0 bridgehead atoms. The molecule has 1 aliphatic carbocycles. The minimum Gasteiger partial charge on any atom is -0.383 e. The Kier molecular flexibility index (Phi) is 5.57. The molecule has 166 valence electrons. The summed E-state index contributed by atoms with van der Waals surface area (Å²) < 4.78 is 1.90. The van der Waals surface area contributed by atoms with Crippen LogP contribution >= 0.6 is 11.6 Å². The lowest BCUT2D eigenvalue weighted by Gasteiger charge is -2.16. The van der Waals surface area contributed by atoms with E-state index < -0.39 is 0 Å². The van der Waals surface area contributed by atoms with Crippen molar-refractivity contribution in [3.05, 3.63) is 47.8 Å². The van der Waals surface area contributed by atoms with Gasteiger partial charge in [-0.15, -0.1) is 0 Å². The third-order valence-electron chi connectivity index (χ3n) is 6.28. The molecule has 3 aromatic rings. The highest BCUT2D eigenvalue weighted by atomic mass is 35.5. The summed E-state index contributed by atoms with van der Waals surface area (Å²) in [6.45, 7) is 2.07. The highest BCUT2D eigenvalue weighted by Crippen LogP contribution is 2.34. The lowest BCUT2D eigenvalue weighted by Crippen LogP contribution is -2.28. The molecule has 2 aliphatic rings. The van der Waals surface area contributed by atoms with Crippen molar-refractivity contribution >= 4 is 34.4 Å². The molecule has 1 saturated heterocycles. The minimum atomic E-state index is 0.0272. The zero-order valence-electron chi connectivity index (χ0n) is 18.0. The average Bonchev–Trinajstić information content (AvgIpc) is 3.39. The second-order valence-electron chi connectivity index (χ2n) is 8.56. The van der Waals surface area contributed by atoms with Crippen molar-refractivity contribution in [3.8, 4) is 11.3 Å². The van der Waals surface area contributed by atoms with E-state index >= 15 is 0 Å². The molecule has 9 heteroatoms. The molecule has 0 radical (unpaired) electrons. The number of benzene rings is 1. The van der Waals surface area contributed by atoms with Gasteiger partial charge in [-0.25, -0.2) is 14.6 Å². The quantitative estimate of drug-likeness (QED) is 0.578. The van der Waals surface area contributed by atoms with Gasteiger partial charge in [0.05, 0.1) is 11.4 Å². The van der Waals surface area contributed by atoms with E-state index in [2.05, 4.69) is 21.9 Å². The van der Waals surface area contributed by atoms with Gasteiger partial charge in [0.15, 0.2) is 5.65 Å². The third kappa shape index (κ3) is 4.08. The number of carbonyl (C=O) groups is 1. The number of hydrogen-bond acceptors (Lipinski definition) is 6. The first-order chi connectivity index (χ1) is 15.5. The third-order valence-corrected chi connectivity index (χ3v) is 6.53. The van der Waals surface area contributed by atoms with E-state index in [0.717, 1.165) is 29.6 Å². The zero-order valence-corrected chi connectivity index (χ0v) is 18.7. The molecule has 0 spiro atoms. The zero-order chi connectivity index (χ0) is 22.2. The number of halogens is 1. The van der Waals surface area contributed by atoms with Crippen LogP contribution in [0.4, 0.5) is 5.82 Å². The van der Waals surface area contributed by atoms with Crippen LogP contribution in [0.15, 0.2) is 42.7 Å². The lowest BCUT2D eigenvalue weighted by atomic mass is 10.1. The monoisotopic (exact) mass is 451 g/mol. The Morgan fingerprint density at radius 3 is 2.78 bits per heavy atom. The number of rotatable bonds is 6. The molecule has 1 unspecified atom stereocenters. The summed E-state index contributed by atoms with van der Waals surface area (Å²) >= 11 is 6.05. The number of fused-ring (bicyclic) bond motifs is 1. The Balaban J connectivity index is 1.37. The maximum Gasteiger partial charge on any atom is 0.246 e. The number of nitrogens with zero attached hydrogens (tertiary/aromatic N) is 6. The number of amides is 1. The van der Waals surface area contributed by atoms with Gasteiger partial charge in [-0.2, -0.15) is 5.10 Å². The van der Waals surface area contributed by atoms with Gasteiger partial charge in [-0.05, 0) is 38.4 Å². The van der Waals surface area contributed by atoms with Crippen molar-refractivity contribution in [1.29, 1.82) is 0 Å². The molecule has 1 atom stereocenters. The molecule has 2 N–H and O–H groups in total. The van der Waals surface area contributed by atoms with Gasteiger partial charge >= 0.3 is 0 Å². The summed E-state index contributed by atoms with van der Waals surface area (Å²) in [5, 5.41) is 6.25. The van der Waals surface area contributed by atoms with E-state index in [1.165, 1.54) is 19.2 Å². The van der Waals surface area contributed by atoms with Crippen LogP contribution in [0, 0.1) is 0 Å². The fraction of sp³-hybridized carbons (Fsp3) is 0.391. The maximum atomic E-state index is 12.7. The number of hydrogen-bond donors (Lipinski definition) is 1.